The summed E-state index contributed by atoms with van der Waals surface area (Å²) in [6.45, 7) is 8.15. The van der Waals surface area contributed by atoms with E-state index in [1.165, 1.54) is 0 Å². The second-order valence-corrected chi connectivity index (χ2v) is 2.74. The van der Waals surface area contributed by atoms with Gasteiger partial charge in [-0.15, -0.1) is 0 Å². The summed E-state index contributed by atoms with van der Waals surface area (Å²) in [5.41, 5.74) is 1.10. The Morgan fingerprint density at radius 3 is 2.27 bits per heavy atom. The van der Waals surface area contributed by atoms with Gasteiger partial charge in [0, 0.05) is 5.71 Å². The van der Waals surface area contributed by atoms with Gasteiger partial charge in [-0.3, -0.25) is 0 Å². The molecule has 0 N–H and O–H groups in total. The van der Waals surface area contributed by atoms with Gasteiger partial charge in [0.1, 0.15) is 0 Å². The molecule has 0 aromatic rings. The lowest BCUT2D eigenvalue weighted by molar-refractivity contribution is 0.287. The molecule has 0 rings (SSSR count). The molecule has 0 aromatic carbocycles. The third-order valence-electron chi connectivity index (χ3n) is 1.58. The molecule has 0 atom stereocenters. The summed E-state index contributed by atoms with van der Waals surface area (Å²) in [4.78, 5) is 4.27. The first-order valence-corrected chi connectivity index (χ1v) is 3.87. The predicted molar refractivity (Wildman–Crippen MR) is 48.7 cm³/mol. The quantitative estimate of drug-likeness (QED) is 0.453. The SMILES string of the molecule is C/C=C(\N=C(C)C(C)C)OC. The minimum absolute atomic E-state index is 0.486. The average Bonchev–Trinajstić information content (AvgIpc) is 1.99. The molecule has 64 valence electrons. The van der Waals surface area contributed by atoms with Crippen LogP contribution < -0.4 is 0 Å². The van der Waals surface area contributed by atoms with Crippen molar-refractivity contribution in [2.24, 2.45) is 10.9 Å². The molecule has 0 radical (unpaired) electrons. The Kier molecular flexibility index (Phi) is 4.59. The summed E-state index contributed by atoms with van der Waals surface area (Å²) >= 11 is 0. The van der Waals surface area contributed by atoms with Gasteiger partial charge in [0.05, 0.1) is 7.11 Å². The van der Waals surface area contributed by atoms with Crippen LogP contribution in [0.5, 0.6) is 0 Å². The molecule has 0 unspecified atom stereocenters. The summed E-state index contributed by atoms with van der Waals surface area (Å²) in [6.07, 6.45) is 1.85. The molecular weight excluding hydrogens is 138 g/mol. The molecule has 0 aromatic heterocycles. The first-order valence-electron chi connectivity index (χ1n) is 3.87. The van der Waals surface area contributed by atoms with Crippen LogP contribution in [-0.2, 0) is 4.74 Å². The standard InChI is InChI=1S/C9H17NO/c1-6-9(11-5)10-8(4)7(2)3/h6-7H,1-5H3/b9-6+,10-8?. The summed E-state index contributed by atoms with van der Waals surface area (Å²) in [5.74, 6) is 1.18. The van der Waals surface area contributed by atoms with E-state index in [0.717, 1.165) is 5.71 Å². The van der Waals surface area contributed by atoms with Crippen molar-refractivity contribution in [1.29, 1.82) is 0 Å². The molecule has 0 saturated heterocycles. The van der Waals surface area contributed by atoms with Gasteiger partial charge in [0.2, 0.25) is 5.88 Å². The Morgan fingerprint density at radius 2 is 2.00 bits per heavy atom. The van der Waals surface area contributed by atoms with Gasteiger partial charge >= 0.3 is 0 Å². The summed E-state index contributed by atoms with van der Waals surface area (Å²) in [7, 11) is 1.63. The first kappa shape index (κ1) is 10.2. The van der Waals surface area contributed by atoms with Crippen molar-refractivity contribution in [3.05, 3.63) is 12.0 Å². The normalized spacial score (nSPS) is 14.0. The van der Waals surface area contributed by atoms with E-state index in [-0.39, 0.29) is 0 Å². The third-order valence-corrected chi connectivity index (χ3v) is 1.58. The van der Waals surface area contributed by atoms with Crippen molar-refractivity contribution >= 4 is 5.71 Å². The van der Waals surface area contributed by atoms with Crippen LogP contribution in [0.1, 0.15) is 27.7 Å². The number of rotatable bonds is 3. The van der Waals surface area contributed by atoms with Crippen LogP contribution >= 0.6 is 0 Å². The zero-order chi connectivity index (χ0) is 8.85. The predicted octanol–water partition coefficient (Wildman–Crippen LogP) is 2.61. The maximum absolute atomic E-state index is 4.99. The Balaban J connectivity index is 4.28. The van der Waals surface area contributed by atoms with E-state index < -0.39 is 0 Å². The van der Waals surface area contributed by atoms with Crippen LogP contribution in [0.15, 0.2) is 17.0 Å². The number of allylic oxidation sites excluding steroid dienone is 1. The number of hydrogen-bond donors (Lipinski definition) is 0. The van der Waals surface area contributed by atoms with E-state index in [1.54, 1.807) is 7.11 Å². The van der Waals surface area contributed by atoms with E-state index in [9.17, 15) is 0 Å². The van der Waals surface area contributed by atoms with Crippen molar-refractivity contribution < 1.29 is 4.74 Å². The molecule has 0 fully saturated rings. The van der Waals surface area contributed by atoms with Gasteiger partial charge < -0.3 is 4.74 Å². The van der Waals surface area contributed by atoms with Crippen molar-refractivity contribution in [2.75, 3.05) is 7.11 Å². The van der Waals surface area contributed by atoms with Crippen molar-refractivity contribution in [1.82, 2.24) is 0 Å². The maximum Gasteiger partial charge on any atom is 0.208 e. The summed E-state index contributed by atoms with van der Waals surface area (Å²) in [5, 5.41) is 0. The van der Waals surface area contributed by atoms with Crippen LogP contribution in [0.3, 0.4) is 0 Å². The maximum atomic E-state index is 4.99. The Bertz CT molecular complexity index is 168. The summed E-state index contributed by atoms with van der Waals surface area (Å²) in [6, 6.07) is 0. The van der Waals surface area contributed by atoms with E-state index in [2.05, 4.69) is 18.8 Å². The molecule has 0 amide bonds. The molecule has 0 aliphatic rings. The molecular formula is C9H17NO. The van der Waals surface area contributed by atoms with Crippen LogP contribution in [0.4, 0.5) is 0 Å². The van der Waals surface area contributed by atoms with Gasteiger partial charge in [-0.1, -0.05) is 13.8 Å². The molecule has 0 saturated carbocycles. The zero-order valence-corrected chi connectivity index (χ0v) is 8.01. The Hall–Kier alpha value is -0.790. The zero-order valence-electron chi connectivity index (χ0n) is 8.01. The van der Waals surface area contributed by atoms with Gasteiger partial charge in [-0.2, -0.15) is 0 Å². The van der Waals surface area contributed by atoms with Crippen molar-refractivity contribution in [2.45, 2.75) is 27.7 Å². The molecule has 0 heterocycles. The number of ether oxygens (including phenoxy) is 1. The van der Waals surface area contributed by atoms with E-state index >= 15 is 0 Å². The highest BCUT2D eigenvalue weighted by molar-refractivity contribution is 5.84. The highest BCUT2D eigenvalue weighted by Crippen LogP contribution is 2.03. The molecule has 0 bridgehead atoms. The topological polar surface area (TPSA) is 21.6 Å². The fraction of sp³-hybridized carbons (Fsp3) is 0.667. The summed E-state index contributed by atoms with van der Waals surface area (Å²) < 4.78 is 4.99. The van der Waals surface area contributed by atoms with Gasteiger partial charge in [0.25, 0.3) is 0 Å². The Labute approximate surface area is 69.0 Å². The molecule has 0 aliphatic carbocycles. The van der Waals surface area contributed by atoms with Crippen molar-refractivity contribution in [3.63, 3.8) is 0 Å². The molecule has 11 heavy (non-hydrogen) atoms. The molecule has 0 spiro atoms. The molecule has 2 nitrogen and oxygen atoms in total. The van der Waals surface area contributed by atoms with Crippen molar-refractivity contribution in [3.8, 4) is 0 Å². The van der Waals surface area contributed by atoms with Crippen LogP contribution in [-0.4, -0.2) is 12.8 Å². The second kappa shape index (κ2) is 4.94. The molecule has 0 aliphatic heterocycles. The fourth-order valence-electron chi connectivity index (χ4n) is 0.531. The highest BCUT2D eigenvalue weighted by Gasteiger charge is 1.98. The third kappa shape index (κ3) is 3.81. The number of nitrogens with zero attached hydrogens (tertiary/aromatic N) is 1. The monoisotopic (exact) mass is 155 g/mol. The lowest BCUT2D eigenvalue weighted by Crippen LogP contribution is -2.02. The van der Waals surface area contributed by atoms with E-state index in [0.29, 0.717) is 11.8 Å². The lowest BCUT2D eigenvalue weighted by Gasteiger charge is -2.04. The highest BCUT2D eigenvalue weighted by atomic mass is 16.5. The number of aliphatic imine (C=N–C) groups is 1. The first-order chi connectivity index (χ1) is 5.11. The van der Waals surface area contributed by atoms with Gasteiger partial charge in [0.15, 0.2) is 0 Å². The Morgan fingerprint density at radius 1 is 1.45 bits per heavy atom. The van der Waals surface area contributed by atoms with Crippen LogP contribution in [0.25, 0.3) is 0 Å². The van der Waals surface area contributed by atoms with Gasteiger partial charge in [-0.25, -0.2) is 4.99 Å². The smallest absolute Gasteiger partial charge is 0.208 e. The fourth-order valence-corrected chi connectivity index (χ4v) is 0.531. The number of hydrogen-bond acceptors (Lipinski definition) is 2. The average molecular weight is 155 g/mol. The van der Waals surface area contributed by atoms with Crippen LogP contribution in [0.2, 0.25) is 0 Å². The minimum atomic E-state index is 0.486. The largest absolute Gasteiger partial charge is 0.481 e. The van der Waals surface area contributed by atoms with Gasteiger partial charge in [-0.05, 0) is 25.8 Å². The second-order valence-electron chi connectivity index (χ2n) is 2.74. The van der Waals surface area contributed by atoms with E-state index in [1.807, 2.05) is 19.9 Å². The lowest BCUT2D eigenvalue weighted by atomic mass is 10.1. The minimum Gasteiger partial charge on any atom is -0.481 e. The number of methoxy groups -OCH3 is 1. The van der Waals surface area contributed by atoms with Crippen LogP contribution in [0, 0.1) is 5.92 Å². The molecule has 2 heteroatoms. The van der Waals surface area contributed by atoms with E-state index in [4.69, 9.17) is 4.74 Å².